The molecule has 12 heteroatoms. The molecule has 4 heterocycles. The summed E-state index contributed by atoms with van der Waals surface area (Å²) >= 11 is 25.3. The predicted octanol–water partition coefficient (Wildman–Crippen LogP) is 7.36. The average Bonchev–Trinajstić information content (AvgIpc) is 3.68. The van der Waals surface area contributed by atoms with Crippen molar-refractivity contribution in [1.82, 2.24) is 10.0 Å². The van der Waals surface area contributed by atoms with E-state index in [2.05, 4.69) is 0 Å². The molecule has 0 radical (unpaired) electrons. The second kappa shape index (κ2) is 11.4. The lowest BCUT2D eigenvalue weighted by molar-refractivity contribution is -0.136. The van der Waals surface area contributed by atoms with Crippen LogP contribution >= 0.6 is 46.4 Å². The van der Waals surface area contributed by atoms with Crippen molar-refractivity contribution in [2.45, 2.75) is 38.0 Å². The minimum absolute atomic E-state index is 0.258. The summed E-state index contributed by atoms with van der Waals surface area (Å²) in [6.07, 6.45) is 0. The Balaban J connectivity index is 1.34. The van der Waals surface area contributed by atoms with Gasteiger partial charge >= 0.3 is 0 Å². The molecule has 242 valence electrons. The number of benzene rings is 4. The van der Waals surface area contributed by atoms with E-state index in [1.807, 2.05) is 72.4 Å². The second-order valence-electron chi connectivity index (χ2n) is 12.7. The fourth-order valence-corrected chi connectivity index (χ4v) is 8.90. The highest BCUT2D eigenvalue weighted by Gasteiger charge is 2.73. The number of hydrogen-bond acceptors (Lipinski definition) is 6. The monoisotopic (exact) mass is 718 g/mol. The standard InChI is InChI=1S/C36H26Cl4N4O4/c1-17-3-7-19(8-4-17)29-27-31(35(47)41(33(27)45)25-13-21(37)11-22(38)14-25)44-30(20-9-5-18(2)6-10-20)28-32(43(29)44)36(48)42(34(28)46)26-15-23(39)12-24(40)16-26/h3-16,27-32H,1-2H3. The first-order valence-electron chi connectivity index (χ1n) is 15.3. The zero-order valence-electron chi connectivity index (χ0n) is 25.5. The first-order valence-corrected chi connectivity index (χ1v) is 16.8. The van der Waals surface area contributed by atoms with Crippen LogP contribution in [0.4, 0.5) is 11.4 Å². The quantitative estimate of drug-likeness (QED) is 0.205. The first-order chi connectivity index (χ1) is 22.9. The average molecular weight is 720 g/mol. The topological polar surface area (TPSA) is 81.2 Å². The van der Waals surface area contributed by atoms with E-state index in [4.69, 9.17) is 46.4 Å². The van der Waals surface area contributed by atoms with Gasteiger partial charge in [-0.2, -0.15) is 0 Å². The molecule has 0 spiro atoms. The van der Waals surface area contributed by atoms with Crippen molar-refractivity contribution in [2.75, 3.05) is 9.80 Å². The highest BCUT2D eigenvalue weighted by molar-refractivity contribution is 6.37. The molecule has 6 unspecified atom stereocenters. The van der Waals surface area contributed by atoms with Gasteiger partial charge < -0.3 is 0 Å². The van der Waals surface area contributed by atoms with E-state index < -0.39 is 59.6 Å². The summed E-state index contributed by atoms with van der Waals surface area (Å²) in [4.78, 5) is 60.6. The van der Waals surface area contributed by atoms with Crippen LogP contribution < -0.4 is 9.80 Å². The number of aryl methyl sites for hydroxylation is 2. The molecule has 0 aliphatic carbocycles. The maximum Gasteiger partial charge on any atom is 0.253 e. The Morgan fingerprint density at radius 1 is 0.438 bits per heavy atom. The van der Waals surface area contributed by atoms with Crippen LogP contribution in [0.1, 0.15) is 34.3 Å². The van der Waals surface area contributed by atoms with E-state index in [0.29, 0.717) is 0 Å². The molecule has 0 N–H and O–H groups in total. The van der Waals surface area contributed by atoms with Crippen LogP contribution in [0, 0.1) is 25.7 Å². The lowest BCUT2D eigenvalue weighted by atomic mass is 9.84. The van der Waals surface area contributed by atoms with Gasteiger partial charge in [0, 0.05) is 20.1 Å². The van der Waals surface area contributed by atoms with Crippen LogP contribution in [0.3, 0.4) is 0 Å². The molecule has 4 saturated heterocycles. The van der Waals surface area contributed by atoms with Crippen molar-refractivity contribution in [3.8, 4) is 0 Å². The number of nitrogens with zero attached hydrogens (tertiary/aromatic N) is 4. The van der Waals surface area contributed by atoms with Gasteiger partial charge in [0.2, 0.25) is 11.8 Å². The molecule has 0 bridgehead atoms. The fraction of sp³-hybridized carbons (Fsp3) is 0.222. The zero-order valence-corrected chi connectivity index (χ0v) is 28.5. The van der Waals surface area contributed by atoms with E-state index in [1.165, 1.54) is 36.4 Å². The molecule has 4 amide bonds. The summed E-state index contributed by atoms with van der Waals surface area (Å²) in [5.74, 6) is -3.69. The van der Waals surface area contributed by atoms with Gasteiger partial charge in [-0.3, -0.25) is 19.2 Å². The number of fused-ring (bicyclic) bond motifs is 5. The van der Waals surface area contributed by atoms with Gasteiger partial charge in [0.15, 0.2) is 0 Å². The summed E-state index contributed by atoms with van der Waals surface area (Å²) in [6.45, 7) is 3.91. The summed E-state index contributed by atoms with van der Waals surface area (Å²) < 4.78 is 0. The van der Waals surface area contributed by atoms with Crippen molar-refractivity contribution >= 4 is 81.4 Å². The smallest absolute Gasteiger partial charge is 0.253 e. The largest absolute Gasteiger partial charge is 0.274 e. The molecule has 4 fully saturated rings. The summed E-state index contributed by atoms with van der Waals surface area (Å²) in [6, 6.07) is 20.9. The molecule has 4 aliphatic rings. The minimum atomic E-state index is -1.02. The Hall–Kier alpha value is -3.76. The highest BCUT2D eigenvalue weighted by atomic mass is 35.5. The van der Waals surface area contributed by atoms with Crippen molar-refractivity contribution in [3.05, 3.63) is 127 Å². The van der Waals surface area contributed by atoms with Gasteiger partial charge in [0.25, 0.3) is 11.8 Å². The molecule has 8 rings (SSSR count). The lowest BCUT2D eigenvalue weighted by Crippen LogP contribution is -2.50. The van der Waals surface area contributed by atoms with Crippen LogP contribution in [0.2, 0.25) is 20.1 Å². The Labute approximate surface area is 296 Å². The number of hydrazine groups is 1. The van der Waals surface area contributed by atoms with Crippen LogP contribution in [0.25, 0.3) is 0 Å². The maximum absolute atomic E-state index is 14.6. The van der Waals surface area contributed by atoms with Crippen molar-refractivity contribution in [3.63, 3.8) is 0 Å². The van der Waals surface area contributed by atoms with E-state index in [-0.39, 0.29) is 31.5 Å². The SMILES string of the molecule is Cc1ccc(C2C3C(=O)N(c4cc(Cl)cc(Cl)c4)C(=O)C3N3C(c4ccc(C)cc4)C4C(=O)N(c5cc(Cl)cc(Cl)c5)C(=O)C4N23)cc1. The number of imide groups is 2. The summed E-state index contributed by atoms with van der Waals surface area (Å²) in [7, 11) is 0. The van der Waals surface area contributed by atoms with E-state index in [9.17, 15) is 19.2 Å². The van der Waals surface area contributed by atoms with E-state index >= 15 is 0 Å². The van der Waals surface area contributed by atoms with Crippen molar-refractivity contribution in [1.29, 1.82) is 0 Å². The number of amides is 4. The number of anilines is 2. The molecule has 48 heavy (non-hydrogen) atoms. The summed E-state index contributed by atoms with van der Waals surface area (Å²) in [5.41, 5.74) is 3.99. The Bertz CT molecular complexity index is 1870. The van der Waals surface area contributed by atoms with Crippen molar-refractivity contribution < 1.29 is 19.2 Å². The third-order valence-corrected chi connectivity index (χ3v) is 10.6. The van der Waals surface area contributed by atoms with Gasteiger partial charge in [-0.15, -0.1) is 0 Å². The molecule has 8 nitrogen and oxygen atoms in total. The van der Waals surface area contributed by atoms with Crippen LogP contribution in [-0.2, 0) is 19.2 Å². The molecular weight excluding hydrogens is 694 g/mol. The normalized spacial score (nSPS) is 26.9. The minimum Gasteiger partial charge on any atom is -0.274 e. The molecule has 6 atom stereocenters. The first kappa shape index (κ1) is 31.5. The molecule has 0 saturated carbocycles. The Kier molecular flexibility index (Phi) is 7.49. The van der Waals surface area contributed by atoms with Crippen LogP contribution in [0.15, 0.2) is 84.9 Å². The second-order valence-corrected chi connectivity index (χ2v) is 14.4. The molecule has 4 aromatic carbocycles. The molecule has 4 aliphatic heterocycles. The zero-order chi connectivity index (χ0) is 33.8. The predicted molar refractivity (Wildman–Crippen MR) is 184 cm³/mol. The van der Waals surface area contributed by atoms with Crippen LogP contribution in [-0.4, -0.2) is 45.7 Å². The number of rotatable bonds is 4. The number of carbonyl (C=O) groups is 4. The van der Waals surface area contributed by atoms with E-state index in [0.717, 1.165) is 32.1 Å². The van der Waals surface area contributed by atoms with Crippen LogP contribution in [0.5, 0.6) is 0 Å². The highest BCUT2D eigenvalue weighted by Crippen LogP contribution is 2.60. The number of carbonyl (C=O) groups excluding carboxylic acids is 4. The number of hydrogen-bond donors (Lipinski definition) is 0. The van der Waals surface area contributed by atoms with Gasteiger partial charge in [-0.25, -0.2) is 19.8 Å². The fourth-order valence-electron chi connectivity index (χ4n) is 7.87. The third-order valence-electron chi connectivity index (χ3n) is 9.77. The molecule has 0 aromatic heterocycles. The summed E-state index contributed by atoms with van der Waals surface area (Å²) in [5, 5.41) is 4.74. The third kappa shape index (κ3) is 4.65. The van der Waals surface area contributed by atoms with Gasteiger partial charge in [-0.05, 0) is 61.4 Å². The lowest BCUT2D eigenvalue weighted by Gasteiger charge is -2.35. The molecular formula is C36H26Cl4N4O4. The van der Waals surface area contributed by atoms with Gasteiger partial charge in [0.1, 0.15) is 12.1 Å². The number of halogens is 4. The van der Waals surface area contributed by atoms with Gasteiger partial charge in [-0.1, -0.05) is 106 Å². The van der Waals surface area contributed by atoms with Crippen molar-refractivity contribution in [2.24, 2.45) is 11.8 Å². The van der Waals surface area contributed by atoms with E-state index in [1.54, 1.807) is 0 Å². The maximum atomic E-state index is 14.6. The van der Waals surface area contributed by atoms with Gasteiger partial charge in [0.05, 0.1) is 35.3 Å². The molecule has 4 aromatic rings. The Morgan fingerprint density at radius 2 is 0.750 bits per heavy atom. The Morgan fingerprint density at radius 3 is 1.06 bits per heavy atom.